The Kier molecular flexibility index (Phi) is 5.07. The van der Waals surface area contributed by atoms with Crippen molar-refractivity contribution < 1.29 is 9.47 Å². The predicted octanol–water partition coefficient (Wildman–Crippen LogP) is 3.78. The first-order chi connectivity index (χ1) is 16.2. The molecule has 0 unspecified atom stereocenters. The van der Waals surface area contributed by atoms with E-state index in [1.54, 1.807) is 6.33 Å². The van der Waals surface area contributed by atoms with E-state index in [2.05, 4.69) is 39.5 Å². The van der Waals surface area contributed by atoms with Crippen LogP contribution in [0.5, 0.6) is 11.5 Å². The molecule has 8 nitrogen and oxygen atoms in total. The molecule has 168 valence electrons. The molecular weight excluding hydrogens is 416 g/mol. The lowest BCUT2D eigenvalue weighted by molar-refractivity contribution is 0.174. The number of likely N-dealkylation sites (tertiary alicyclic amines) is 1. The molecule has 2 aliphatic rings. The number of ether oxygens (including phenoxy) is 2. The van der Waals surface area contributed by atoms with Crippen LogP contribution in [0.25, 0.3) is 16.9 Å². The number of benzene rings is 2. The normalized spacial score (nSPS) is 18.0. The highest BCUT2D eigenvalue weighted by Gasteiger charge is 2.26. The van der Waals surface area contributed by atoms with E-state index >= 15 is 0 Å². The minimum absolute atomic E-state index is 0.265. The number of aryl methyl sites for hydroxylation is 1. The van der Waals surface area contributed by atoms with Crippen LogP contribution in [0.1, 0.15) is 30.1 Å². The van der Waals surface area contributed by atoms with Crippen LogP contribution in [0.15, 0.2) is 61.1 Å². The first-order valence-corrected chi connectivity index (χ1v) is 11.3. The maximum Gasteiger partial charge on any atom is 0.231 e. The Bertz CT molecular complexity index is 1270. The Labute approximate surface area is 192 Å². The fraction of sp³-hybridized carbons (Fsp3) is 0.320. The van der Waals surface area contributed by atoms with E-state index in [1.807, 2.05) is 46.6 Å². The van der Waals surface area contributed by atoms with Gasteiger partial charge in [0.25, 0.3) is 0 Å². The summed E-state index contributed by atoms with van der Waals surface area (Å²) in [5.74, 6) is 3.01. The van der Waals surface area contributed by atoms with E-state index in [0.29, 0.717) is 5.92 Å². The van der Waals surface area contributed by atoms with E-state index < -0.39 is 0 Å². The van der Waals surface area contributed by atoms with Gasteiger partial charge in [-0.3, -0.25) is 4.90 Å². The van der Waals surface area contributed by atoms with Crippen LogP contribution in [0, 0.1) is 0 Å². The van der Waals surface area contributed by atoms with Crippen molar-refractivity contribution in [2.75, 3.05) is 19.9 Å². The van der Waals surface area contributed by atoms with Gasteiger partial charge in [-0.25, -0.2) is 4.68 Å². The average molecular weight is 443 g/mol. The topological polar surface area (TPSA) is 70.2 Å². The number of nitrogens with zero attached hydrogens (tertiary/aromatic N) is 6. The Balaban J connectivity index is 1.33. The van der Waals surface area contributed by atoms with E-state index in [1.165, 1.54) is 5.56 Å². The van der Waals surface area contributed by atoms with Gasteiger partial charge in [0.05, 0.1) is 11.4 Å². The minimum Gasteiger partial charge on any atom is -0.454 e. The molecule has 1 fully saturated rings. The number of para-hydroxylation sites is 1. The SMILES string of the molecule is Cn1cnnc1[C@@H]1CCCN(Cc2cn(-c3ccccc3)nc2-c2ccc3c(c2)OCO3)C1. The lowest BCUT2D eigenvalue weighted by Gasteiger charge is -2.32. The van der Waals surface area contributed by atoms with Gasteiger partial charge in [-0.15, -0.1) is 10.2 Å². The molecule has 4 aromatic rings. The van der Waals surface area contributed by atoms with Crippen molar-refractivity contribution in [2.24, 2.45) is 7.05 Å². The highest BCUT2D eigenvalue weighted by atomic mass is 16.7. The van der Waals surface area contributed by atoms with Crippen molar-refractivity contribution in [1.82, 2.24) is 29.4 Å². The molecule has 0 N–H and O–H groups in total. The molecule has 2 aromatic heterocycles. The Morgan fingerprint density at radius 3 is 2.79 bits per heavy atom. The van der Waals surface area contributed by atoms with Gasteiger partial charge in [0, 0.05) is 43.4 Å². The summed E-state index contributed by atoms with van der Waals surface area (Å²) in [7, 11) is 2.02. The number of rotatable bonds is 5. The summed E-state index contributed by atoms with van der Waals surface area (Å²) in [6.07, 6.45) is 6.22. The van der Waals surface area contributed by atoms with Crippen LogP contribution in [-0.4, -0.2) is 49.3 Å². The van der Waals surface area contributed by atoms with Gasteiger partial charge in [0.15, 0.2) is 11.5 Å². The van der Waals surface area contributed by atoms with E-state index in [4.69, 9.17) is 14.6 Å². The van der Waals surface area contributed by atoms with Crippen molar-refractivity contribution in [1.29, 1.82) is 0 Å². The van der Waals surface area contributed by atoms with Crippen molar-refractivity contribution in [3.05, 3.63) is 72.4 Å². The molecule has 2 aromatic carbocycles. The summed E-state index contributed by atoms with van der Waals surface area (Å²) in [6.45, 7) is 3.11. The third-order valence-corrected chi connectivity index (χ3v) is 6.47. The molecule has 1 atom stereocenters. The fourth-order valence-corrected chi connectivity index (χ4v) is 4.84. The lowest BCUT2D eigenvalue weighted by atomic mass is 9.96. The number of hydrogen-bond acceptors (Lipinski definition) is 6. The monoisotopic (exact) mass is 442 g/mol. The smallest absolute Gasteiger partial charge is 0.231 e. The second kappa shape index (κ2) is 8.37. The molecule has 0 aliphatic carbocycles. The summed E-state index contributed by atoms with van der Waals surface area (Å²) in [4.78, 5) is 2.51. The second-order valence-corrected chi connectivity index (χ2v) is 8.73. The first-order valence-electron chi connectivity index (χ1n) is 11.3. The highest BCUT2D eigenvalue weighted by molar-refractivity contribution is 5.67. The standard InChI is InChI=1S/C25H26N6O2/c1-29-16-26-27-25(29)19-6-5-11-30(13-19)14-20-15-31(21-7-3-2-4-8-21)28-24(20)18-9-10-22-23(12-18)33-17-32-22/h2-4,7-10,12,15-16,19H,5-6,11,13-14,17H2,1H3/t19-/m1/s1. The highest BCUT2D eigenvalue weighted by Crippen LogP contribution is 2.37. The van der Waals surface area contributed by atoms with Crippen LogP contribution < -0.4 is 9.47 Å². The summed E-state index contributed by atoms with van der Waals surface area (Å²) in [6, 6.07) is 16.3. The van der Waals surface area contributed by atoms with E-state index in [9.17, 15) is 0 Å². The van der Waals surface area contributed by atoms with Crippen LogP contribution in [0.4, 0.5) is 0 Å². The van der Waals surface area contributed by atoms with Crippen LogP contribution in [0.3, 0.4) is 0 Å². The van der Waals surface area contributed by atoms with E-state index in [0.717, 1.165) is 66.7 Å². The number of piperidine rings is 1. The van der Waals surface area contributed by atoms with Gasteiger partial charge < -0.3 is 14.0 Å². The largest absolute Gasteiger partial charge is 0.454 e. The quantitative estimate of drug-likeness (QED) is 0.469. The van der Waals surface area contributed by atoms with Crippen LogP contribution in [-0.2, 0) is 13.6 Å². The van der Waals surface area contributed by atoms with Crippen molar-refractivity contribution >= 4 is 0 Å². The molecule has 0 spiro atoms. The molecule has 0 radical (unpaired) electrons. The summed E-state index contributed by atoms with van der Waals surface area (Å²) >= 11 is 0. The van der Waals surface area contributed by atoms with Crippen LogP contribution in [0.2, 0.25) is 0 Å². The first kappa shape index (κ1) is 20.0. The van der Waals surface area contributed by atoms with E-state index in [-0.39, 0.29) is 6.79 Å². The van der Waals surface area contributed by atoms with Gasteiger partial charge in [0.1, 0.15) is 12.2 Å². The summed E-state index contributed by atoms with van der Waals surface area (Å²) in [5, 5.41) is 13.4. The molecule has 0 amide bonds. The Morgan fingerprint density at radius 2 is 1.94 bits per heavy atom. The molecular formula is C25H26N6O2. The van der Waals surface area contributed by atoms with Gasteiger partial charge >= 0.3 is 0 Å². The van der Waals surface area contributed by atoms with Crippen molar-refractivity contribution in [3.63, 3.8) is 0 Å². The van der Waals surface area contributed by atoms with Gasteiger partial charge in [-0.1, -0.05) is 18.2 Å². The van der Waals surface area contributed by atoms with Gasteiger partial charge in [-0.2, -0.15) is 5.10 Å². The molecule has 6 rings (SSSR count). The molecule has 8 heteroatoms. The molecule has 1 saturated heterocycles. The number of aromatic nitrogens is 5. The van der Waals surface area contributed by atoms with Gasteiger partial charge in [-0.05, 0) is 49.7 Å². The maximum absolute atomic E-state index is 5.63. The second-order valence-electron chi connectivity index (χ2n) is 8.73. The molecule has 0 bridgehead atoms. The summed E-state index contributed by atoms with van der Waals surface area (Å²) < 4.78 is 15.1. The van der Waals surface area contributed by atoms with Crippen molar-refractivity contribution in [3.8, 4) is 28.4 Å². The Hall–Kier alpha value is -3.65. The van der Waals surface area contributed by atoms with Crippen LogP contribution >= 0.6 is 0 Å². The molecule has 0 saturated carbocycles. The predicted molar refractivity (Wildman–Crippen MR) is 123 cm³/mol. The summed E-state index contributed by atoms with van der Waals surface area (Å²) in [5.41, 5.74) is 4.24. The number of fused-ring (bicyclic) bond motifs is 1. The third-order valence-electron chi connectivity index (χ3n) is 6.47. The lowest BCUT2D eigenvalue weighted by Crippen LogP contribution is -2.34. The fourth-order valence-electron chi connectivity index (χ4n) is 4.84. The van der Waals surface area contributed by atoms with Crippen molar-refractivity contribution in [2.45, 2.75) is 25.3 Å². The maximum atomic E-state index is 5.63. The third kappa shape index (κ3) is 3.87. The molecule has 2 aliphatic heterocycles. The zero-order valence-corrected chi connectivity index (χ0v) is 18.6. The average Bonchev–Trinajstić information content (AvgIpc) is 3.59. The zero-order chi connectivity index (χ0) is 22.2. The molecule has 4 heterocycles. The van der Waals surface area contributed by atoms with Gasteiger partial charge in [0.2, 0.25) is 6.79 Å². The molecule has 33 heavy (non-hydrogen) atoms. The Morgan fingerprint density at radius 1 is 1.06 bits per heavy atom. The minimum atomic E-state index is 0.265. The zero-order valence-electron chi connectivity index (χ0n) is 18.6. The number of hydrogen-bond donors (Lipinski definition) is 0.